The van der Waals surface area contributed by atoms with E-state index in [1.54, 1.807) is 28.9 Å². The maximum atomic E-state index is 13.6. The second-order valence-electron chi connectivity index (χ2n) is 32.8. The van der Waals surface area contributed by atoms with Gasteiger partial charge >= 0.3 is 18.2 Å². The van der Waals surface area contributed by atoms with E-state index in [2.05, 4.69) is 129 Å². The van der Waals surface area contributed by atoms with Crippen LogP contribution in [-0.2, 0) is 25.4 Å². The van der Waals surface area contributed by atoms with Crippen LogP contribution in [0.1, 0.15) is 170 Å². The average molecular weight is 1560 g/mol. The Hall–Kier alpha value is -7.72. The highest BCUT2D eigenvalue weighted by atomic mass is 35.5. The van der Waals surface area contributed by atoms with Gasteiger partial charge in [0, 0.05) is 158 Å². The minimum atomic E-state index is -4.38. The molecule has 6 aliphatic rings. The summed E-state index contributed by atoms with van der Waals surface area (Å²) in [6.07, 6.45) is 2.20. The second kappa shape index (κ2) is 37.5. The van der Waals surface area contributed by atoms with Crippen LogP contribution >= 0.6 is 34.8 Å². The molecule has 6 fully saturated rings. The molecule has 0 spiro atoms. The smallest absolute Gasteiger partial charge is 0.351 e. The molecule has 2 unspecified atom stereocenters. The number of amides is 8. The predicted octanol–water partition coefficient (Wildman–Crippen LogP) is 16.0. The molecule has 6 heterocycles. The van der Waals surface area contributed by atoms with Crippen molar-refractivity contribution < 1.29 is 41.9 Å². The van der Waals surface area contributed by atoms with Gasteiger partial charge in [0.2, 0.25) is 23.6 Å². The first-order valence-electron chi connectivity index (χ1n) is 38.8. The summed E-state index contributed by atoms with van der Waals surface area (Å²) in [5.41, 5.74) is 16.5. The van der Waals surface area contributed by atoms with Gasteiger partial charge in [0.15, 0.2) is 0 Å². The molecule has 4 N–H and O–H groups in total. The van der Waals surface area contributed by atoms with Gasteiger partial charge in [-0.2, -0.15) is 13.2 Å². The SMILES string of the molecule is CC(=O)N1CCC(CC(=O)N2CCN(C(c3ccccc3)c3ccc(C(F)(F)F)cc3)C[C@@H]2C(C)(C)C)CC1.CC(C)(C)[C@H]1CN(C(c2ccccc2)c2ccc(Cl)cc2)CCN1C(=O)CC1CCN(C(N)=O)CC1.C[C@H]1CN(C(c2ccc(Cl)cc2)c2ccc(Cl)cc2)CCN1C(=O)CC1CCN(C(N)=O)CC1. The summed E-state index contributed by atoms with van der Waals surface area (Å²) in [6, 6.07) is 49.4. The van der Waals surface area contributed by atoms with Crippen molar-refractivity contribution in [1.29, 1.82) is 0 Å². The Morgan fingerprint density at radius 3 is 0.945 bits per heavy atom. The zero-order valence-corrected chi connectivity index (χ0v) is 66.8. The highest BCUT2D eigenvalue weighted by molar-refractivity contribution is 6.31. The second-order valence-corrected chi connectivity index (χ2v) is 34.1. The van der Waals surface area contributed by atoms with Crippen LogP contribution in [0.3, 0.4) is 0 Å². The van der Waals surface area contributed by atoms with Gasteiger partial charge in [0.1, 0.15) is 0 Å². The Bertz CT molecular complexity index is 3910. The van der Waals surface area contributed by atoms with Gasteiger partial charge in [-0.05, 0) is 156 Å². The number of urea groups is 2. The number of benzene rings is 6. The maximum Gasteiger partial charge on any atom is 0.416 e. The fourth-order valence-corrected chi connectivity index (χ4v) is 17.3. The van der Waals surface area contributed by atoms with Crippen LogP contribution in [0.2, 0.25) is 15.1 Å². The molecule has 0 saturated carbocycles. The fourth-order valence-electron chi connectivity index (χ4n) is 16.9. The lowest BCUT2D eigenvalue weighted by molar-refractivity contribution is -0.142. The Kier molecular flexibility index (Phi) is 28.8. The number of piperidine rings is 3. The summed E-state index contributed by atoms with van der Waals surface area (Å²) < 4.78 is 39.8. The molecule has 6 saturated heterocycles. The molecule has 6 aromatic carbocycles. The van der Waals surface area contributed by atoms with Crippen LogP contribution in [0, 0.1) is 28.6 Å². The number of carbonyl (C=O) groups excluding carboxylic acids is 6. The summed E-state index contributed by atoms with van der Waals surface area (Å²) in [6.45, 7) is 27.2. The van der Waals surface area contributed by atoms with Crippen molar-refractivity contribution in [3.63, 3.8) is 0 Å². The molecule has 109 heavy (non-hydrogen) atoms. The molecular weight excluding hydrogens is 1450 g/mol. The minimum absolute atomic E-state index is 0.0447. The van der Waals surface area contributed by atoms with Crippen molar-refractivity contribution in [3.05, 3.63) is 212 Å². The molecule has 23 heteroatoms. The Morgan fingerprint density at radius 1 is 0.385 bits per heavy atom. The van der Waals surface area contributed by atoms with Gasteiger partial charge in [-0.25, -0.2) is 9.59 Å². The number of primary amides is 2. The third-order valence-electron chi connectivity index (χ3n) is 23.2. The van der Waals surface area contributed by atoms with Crippen LogP contribution in [-0.4, -0.2) is 196 Å². The van der Waals surface area contributed by atoms with Gasteiger partial charge in [-0.1, -0.05) is 186 Å². The van der Waals surface area contributed by atoms with Crippen molar-refractivity contribution >= 4 is 70.5 Å². The maximum absolute atomic E-state index is 13.6. The van der Waals surface area contributed by atoms with Gasteiger partial charge < -0.3 is 40.9 Å². The van der Waals surface area contributed by atoms with E-state index >= 15 is 0 Å². The zero-order valence-electron chi connectivity index (χ0n) is 64.6. The lowest BCUT2D eigenvalue weighted by atomic mass is 9.82. The summed E-state index contributed by atoms with van der Waals surface area (Å²) in [4.78, 5) is 93.5. The van der Waals surface area contributed by atoms with E-state index in [1.807, 2.05) is 87.5 Å². The van der Waals surface area contributed by atoms with E-state index < -0.39 is 11.7 Å². The Labute approximate surface area is 658 Å². The van der Waals surface area contributed by atoms with Crippen LogP contribution < -0.4 is 11.5 Å². The molecule has 588 valence electrons. The van der Waals surface area contributed by atoms with E-state index in [9.17, 15) is 41.9 Å². The molecule has 17 nitrogen and oxygen atoms in total. The monoisotopic (exact) mass is 1560 g/mol. The molecule has 5 atom stereocenters. The van der Waals surface area contributed by atoms with E-state index in [0.717, 1.165) is 93.0 Å². The average Bonchev–Trinajstić information content (AvgIpc) is 0.787. The highest BCUT2D eigenvalue weighted by Crippen LogP contribution is 2.41. The van der Waals surface area contributed by atoms with Crippen LogP contribution in [0.25, 0.3) is 0 Å². The third-order valence-corrected chi connectivity index (χ3v) is 23.9. The quantitative estimate of drug-likeness (QED) is 0.101. The van der Waals surface area contributed by atoms with Gasteiger partial charge in [-0.15, -0.1) is 0 Å². The molecule has 0 bridgehead atoms. The molecule has 0 aliphatic carbocycles. The topological polar surface area (TPSA) is 184 Å². The summed E-state index contributed by atoms with van der Waals surface area (Å²) in [5.74, 6) is 1.57. The van der Waals surface area contributed by atoms with E-state index in [1.165, 1.54) is 22.3 Å². The highest BCUT2D eigenvalue weighted by Gasteiger charge is 2.44. The number of rotatable bonds is 15. The van der Waals surface area contributed by atoms with Crippen molar-refractivity contribution in [2.45, 2.75) is 156 Å². The van der Waals surface area contributed by atoms with Gasteiger partial charge in [0.25, 0.3) is 0 Å². The van der Waals surface area contributed by atoms with Crippen molar-refractivity contribution in [2.24, 2.45) is 40.1 Å². The van der Waals surface area contributed by atoms with Crippen LogP contribution in [0.15, 0.2) is 158 Å². The number of carbonyl (C=O) groups is 6. The third kappa shape index (κ3) is 22.5. The number of hydrogen-bond donors (Lipinski definition) is 2. The first-order chi connectivity index (χ1) is 51.8. The number of nitrogens with zero attached hydrogens (tertiary/aromatic N) is 9. The van der Waals surface area contributed by atoms with Crippen LogP contribution in [0.4, 0.5) is 22.8 Å². The molecule has 8 amide bonds. The number of piperazine rings is 3. The number of alkyl halides is 3. The van der Waals surface area contributed by atoms with E-state index in [-0.39, 0.29) is 88.7 Å². The van der Waals surface area contributed by atoms with Crippen molar-refractivity contribution in [2.75, 3.05) is 98.2 Å². The molecule has 6 aromatic rings. The van der Waals surface area contributed by atoms with Crippen molar-refractivity contribution in [3.8, 4) is 0 Å². The summed E-state index contributed by atoms with van der Waals surface area (Å²) in [5, 5.41) is 2.16. The summed E-state index contributed by atoms with van der Waals surface area (Å²) >= 11 is 18.5. The predicted molar refractivity (Wildman–Crippen MR) is 427 cm³/mol. The molecule has 0 radical (unpaired) electrons. The van der Waals surface area contributed by atoms with Gasteiger partial charge in [-0.3, -0.25) is 33.9 Å². The van der Waals surface area contributed by atoms with E-state index in [4.69, 9.17) is 46.3 Å². The number of hydrogen-bond acceptors (Lipinski definition) is 9. The van der Waals surface area contributed by atoms with E-state index in [0.29, 0.717) is 113 Å². The number of nitrogens with two attached hydrogens (primary N) is 2. The van der Waals surface area contributed by atoms with Crippen LogP contribution in [0.5, 0.6) is 0 Å². The number of likely N-dealkylation sites (tertiary alicyclic amines) is 3. The Morgan fingerprint density at radius 2 is 0.661 bits per heavy atom. The Balaban J connectivity index is 0.000000175. The molecule has 6 aliphatic heterocycles. The number of halogens is 6. The molecular formula is C86H111Cl3F3N11O6. The fraction of sp³-hybridized carbons (Fsp3) is 0.512. The minimum Gasteiger partial charge on any atom is -0.351 e. The normalized spacial score (nSPS) is 20.5. The summed E-state index contributed by atoms with van der Waals surface area (Å²) in [7, 11) is 0. The van der Waals surface area contributed by atoms with Crippen molar-refractivity contribution in [1.82, 2.24) is 44.1 Å². The zero-order chi connectivity index (χ0) is 78.5. The standard InChI is InChI=1S/C31H40F3N3O2.C29H39ClN4O2.C26H32Cl2N4O2/c1-22(38)35-16-14-23(15-17-35)20-28(39)37-19-18-36(21-27(37)30(2,3)4)29(24-8-6-5-7-9-24)25-10-12-26(13-11-25)31(32,33)34;1-29(2,3)25-20-33(27(22-7-5-4-6-8-22)23-9-11-24(30)12-10-23)17-18-34(25)26(35)19-21-13-15-32(16-14-21)28(31)36;1-18-17-31(14-15-32(18)24(33)16-19-10-12-30(13-11-19)26(29)34)25(20-2-6-22(27)7-3-20)21-4-8-23(28)9-5-21/h5-13,23,27,29H,14-21H2,1-4H3;4-12,21,25,27H,13-20H2,1-3H3,(H2,31,36);2-9,18-19,25H,10-17H2,1H3,(H2,29,34)/t27-,29?;25-,27?;18-/m110/s1. The molecule has 12 rings (SSSR count). The first kappa shape index (κ1) is 83.7. The lowest BCUT2D eigenvalue weighted by Gasteiger charge is -2.50. The van der Waals surface area contributed by atoms with Gasteiger partial charge in [0.05, 0.1) is 23.7 Å². The molecule has 0 aromatic heterocycles. The lowest BCUT2D eigenvalue weighted by Crippen LogP contribution is -2.60. The largest absolute Gasteiger partial charge is 0.416 e. The first-order valence-corrected chi connectivity index (χ1v) is 39.9.